The Bertz CT molecular complexity index is 568. The molecule has 2 aromatic rings. The second kappa shape index (κ2) is 8.97. The highest BCUT2D eigenvalue weighted by atomic mass is 14.9. The average molecular weight is 300 g/mol. The van der Waals surface area contributed by atoms with Crippen molar-refractivity contribution in [3.8, 4) is 0 Å². The molecule has 2 nitrogen and oxygen atoms in total. The van der Waals surface area contributed by atoms with Gasteiger partial charge in [-0.3, -0.25) is 0 Å². The molecule has 122 valence electrons. The Morgan fingerprint density at radius 1 is 0.864 bits per heavy atom. The number of imidazole rings is 1. The minimum Gasteiger partial charge on any atom is -0.342 e. The number of fused-ring (bicyclic) bond motifs is 1. The van der Waals surface area contributed by atoms with Crippen LogP contribution in [0.3, 0.4) is 0 Å². The van der Waals surface area contributed by atoms with E-state index in [4.69, 9.17) is 4.98 Å². The molecule has 0 amide bonds. The van der Waals surface area contributed by atoms with E-state index in [0.29, 0.717) is 0 Å². The number of H-pyrrole nitrogens is 1. The zero-order valence-corrected chi connectivity index (χ0v) is 14.7. The third kappa shape index (κ3) is 4.86. The van der Waals surface area contributed by atoms with Crippen molar-refractivity contribution in [1.29, 1.82) is 0 Å². The van der Waals surface area contributed by atoms with Crippen LogP contribution in [-0.2, 0) is 6.42 Å². The summed E-state index contributed by atoms with van der Waals surface area (Å²) in [5.74, 6) is 1.16. The highest BCUT2D eigenvalue weighted by molar-refractivity contribution is 5.79. The first-order valence-corrected chi connectivity index (χ1v) is 9.17. The van der Waals surface area contributed by atoms with Gasteiger partial charge >= 0.3 is 0 Å². The van der Waals surface area contributed by atoms with E-state index in [1.807, 2.05) is 0 Å². The third-order valence-electron chi connectivity index (χ3n) is 4.74. The number of unbranched alkanes of at least 4 members (excludes halogenated alkanes) is 8. The second-order valence-electron chi connectivity index (χ2n) is 6.67. The van der Waals surface area contributed by atoms with E-state index < -0.39 is 0 Å². The van der Waals surface area contributed by atoms with Crippen molar-refractivity contribution < 1.29 is 0 Å². The van der Waals surface area contributed by atoms with Crippen molar-refractivity contribution in [3.63, 3.8) is 0 Å². The Morgan fingerprint density at radius 2 is 1.50 bits per heavy atom. The molecule has 0 unspecified atom stereocenters. The molecular formula is C20H32N2. The van der Waals surface area contributed by atoms with Crippen LogP contribution >= 0.6 is 0 Å². The predicted molar refractivity (Wildman–Crippen MR) is 96.5 cm³/mol. The van der Waals surface area contributed by atoms with E-state index in [-0.39, 0.29) is 0 Å². The van der Waals surface area contributed by atoms with Gasteiger partial charge in [0.1, 0.15) is 5.82 Å². The first kappa shape index (κ1) is 17.1. The zero-order valence-electron chi connectivity index (χ0n) is 14.7. The molecule has 1 heterocycles. The van der Waals surface area contributed by atoms with Crippen molar-refractivity contribution in [2.75, 3.05) is 0 Å². The first-order chi connectivity index (χ1) is 10.7. The van der Waals surface area contributed by atoms with Crippen LogP contribution in [0.25, 0.3) is 11.0 Å². The molecule has 0 aliphatic rings. The molecule has 0 saturated heterocycles. The average Bonchev–Trinajstić information content (AvgIpc) is 2.93. The quantitative estimate of drug-likeness (QED) is 0.516. The maximum Gasteiger partial charge on any atom is 0.107 e. The number of nitrogens with zero attached hydrogens (tertiary/aromatic N) is 1. The standard InChI is InChI=1S/C20H32N2/c1-4-5-6-7-8-9-10-11-12-13-19-21-18-15-14-16(2)17(3)20(18)22-19/h14-15H,4-13H2,1-3H3,(H,21,22). The highest BCUT2D eigenvalue weighted by Crippen LogP contribution is 2.20. The van der Waals surface area contributed by atoms with Gasteiger partial charge in [-0.25, -0.2) is 4.98 Å². The van der Waals surface area contributed by atoms with Gasteiger partial charge in [-0.05, 0) is 37.5 Å². The second-order valence-corrected chi connectivity index (χ2v) is 6.67. The van der Waals surface area contributed by atoms with Crippen molar-refractivity contribution in [3.05, 3.63) is 29.1 Å². The van der Waals surface area contributed by atoms with Crippen molar-refractivity contribution >= 4 is 11.0 Å². The molecule has 0 aliphatic carbocycles. The number of benzene rings is 1. The smallest absolute Gasteiger partial charge is 0.107 e. The Kier molecular flexibility index (Phi) is 6.95. The number of rotatable bonds is 10. The normalized spacial score (nSPS) is 11.4. The number of aryl methyl sites for hydroxylation is 3. The van der Waals surface area contributed by atoms with E-state index >= 15 is 0 Å². The van der Waals surface area contributed by atoms with Crippen LogP contribution in [0, 0.1) is 13.8 Å². The van der Waals surface area contributed by atoms with Crippen LogP contribution < -0.4 is 0 Å². The molecule has 0 saturated carbocycles. The molecular weight excluding hydrogens is 268 g/mol. The fourth-order valence-electron chi connectivity index (χ4n) is 3.09. The molecule has 1 N–H and O–H groups in total. The Hall–Kier alpha value is -1.31. The lowest BCUT2D eigenvalue weighted by atomic mass is 10.1. The molecule has 0 fully saturated rings. The molecule has 1 aromatic heterocycles. The lowest BCUT2D eigenvalue weighted by Gasteiger charge is -2.01. The SMILES string of the molecule is CCCCCCCCCCCc1nc2c(C)c(C)ccc2[nH]1. The van der Waals surface area contributed by atoms with Crippen LogP contribution in [-0.4, -0.2) is 9.97 Å². The molecule has 2 heteroatoms. The fraction of sp³-hybridized carbons (Fsp3) is 0.650. The molecule has 22 heavy (non-hydrogen) atoms. The molecule has 0 atom stereocenters. The van der Waals surface area contributed by atoms with Gasteiger partial charge in [0.15, 0.2) is 0 Å². The first-order valence-electron chi connectivity index (χ1n) is 9.17. The van der Waals surface area contributed by atoms with Gasteiger partial charge in [-0.1, -0.05) is 64.4 Å². The summed E-state index contributed by atoms with van der Waals surface area (Å²) in [6.45, 7) is 6.60. The zero-order chi connectivity index (χ0) is 15.8. The Labute approximate surface area is 135 Å². The summed E-state index contributed by atoms with van der Waals surface area (Å²) in [5, 5.41) is 0. The minimum atomic E-state index is 1.09. The molecule has 0 spiro atoms. The lowest BCUT2D eigenvalue weighted by Crippen LogP contribution is -1.89. The number of hydrogen-bond acceptors (Lipinski definition) is 1. The van der Waals surface area contributed by atoms with Gasteiger partial charge in [-0.15, -0.1) is 0 Å². The summed E-state index contributed by atoms with van der Waals surface area (Å²) in [7, 11) is 0. The summed E-state index contributed by atoms with van der Waals surface area (Å²) in [6.07, 6.45) is 13.5. The molecule has 0 aliphatic heterocycles. The fourth-order valence-corrected chi connectivity index (χ4v) is 3.09. The summed E-state index contributed by atoms with van der Waals surface area (Å²) in [5.41, 5.74) is 4.99. The Balaban J connectivity index is 1.66. The van der Waals surface area contributed by atoms with Crippen LogP contribution in [0.2, 0.25) is 0 Å². The summed E-state index contributed by atoms with van der Waals surface area (Å²) in [4.78, 5) is 8.26. The summed E-state index contributed by atoms with van der Waals surface area (Å²) < 4.78 is 0. The number of aromatic nitrogens is 2. The maximum atomic E-state index is 4.79. The van der Waals surface area contributed by atoms with E-state index in [0.717, 1.165) is 17.8 Å². The Morgan fingerprint density at radius 3 is 2.18 bits per heavy atom. The van der Waals surface area contributed by atoms with Crippen LogP contribution in [0.5, 0.6) is 0 Å². The van der Waals surface area contributed by atoms with E-state index in [9.17, 15) is 0 Å². The predicted octanol–water partition coefficient (Wildman–Crippen LogP) is 6.25. The van der Waals surface area contributed by atoms with E-state index in [1.54, 1.807) is 0 Å². The van der Waals surface area contributed by atoms with Crippen molar-refractivity contribution in [1.82, 2.24) is 9.97 Å². The van der Waals surface area contributed by atoms with Gasteiger partial charge in [0.2, 0.25) is 0 Å². The lowest BCUT2D eigenvalue weighted by molar-refractivity contribution is 0.562. The van der Waals surface area contributed by atoms with Gasteiger partial charge in [-0.2, -0.15) is 0 Å². The van der Waals surface area contributed by atoms with Crippen LogP contribution in [0.1, 0.15) is 81.7 Å². The molecule has 0 radical (unpaired) electrons. The van der Waals surface area contributed by atoms with Crippen molar-refractivity contribution in [2.45, 2.75) is 85.0 Å². The molecule has 1 aromatic carbocycles. The van der Waals surface area contributed by atoms with Gasteiger partial charge < -0.3 is 4.98 Å². The van der Waals surface area contributed by atoms with Gasteiger partial charge in [0.25, 0.3) is 0 Å². The number of nitrogens with one attached hydrogen (secondary N) is 1. The number of hydrogen-bond donors (Lipinski definition) is 1. The summed E-state index contributed by atoms with van der Waals surface area (Å²) in [6, 6.07) is 4.34. The molecule has 0 bridgehead atoms. The van der Waals surface area contributed by atoms with Gasteiger partial charge in [0, 0.05) is 6.42 Å². The monoisotopic (exact) mass is 300 g/mol. The maximum absolute atomic E-state index is 4.79. The van der Waals surface area contributed by atoms with Gasteiger partial charge in [0.05, 0.1) is 11.0 Å². The minimum absolute atomic E-state index is 1.09. The van der Waals surface area contributed by atoms with E-state index in [2.05, 4.69) is 37.9 Å². The van der Waals surface area contributed by atoms with Crippen LogP contribution in [0.15, 0.2) is 12.1 Å². The number of aromatic amines is 1. The highest BCUT2D eigenvalue weighted by Gasteiger charge is 2.06. The summed E-state index contributed by atoms with van der Waals surface area (Å²) >= 11 is 0. The van der Waals surface area contributed by atoms with E-state index in [1.165, 1.54) is 74.4 Å². The topological polar surface area (TPSA) is 28.7 Å². The molecule has 2 rings (SSSR count). The largest absolute Gasteiger partial charge is 0.342 e. The van der Waals surface area contributed by atoms with Crippen molar-refractivity contribution in [2.24, 2.45) is 0 Å². The van der Waals surface area contributed by atoms with Crippen LogP contribution in [0.4, 0.5) is 0 Å². The third-order valence-corrected chi connectivity index (χ3v) is 4.74.